The fraction of sp³-hybridized carbons (Fsp3) is 0.759. The molecule has 3 N–H and O–H groups in total. The number of esters is 1. The van der Waals surface area contributed by atoms with Crippen LogP contribution in [0.25, 0.3) is 0 Å². The van der Waals surface area contributed by atoms with Gasteiger partial charge in [-0.05, 0) is 94.2 Å². The molecule has 7 nitrogen and oxygen atoms in total. The second-order valence-electron chi connectivity index (χ2n) is 12.6. The highest BCUT2D eigenvalue weighted by atomic mass is 32.2. The van der Waals surface area contributed by atoms with Crippen molar-refractivity contribution in [3.8, 4) is 0 Å². The number of methoxy groups -OCH3 is 1. The Labute approximate surface area is 224 Å². The molecule has 5 saturated carbocycles. The number of hydrogen-bond donors (Lipinski definition) is 3. The standard InChI is InChI=1S/C29H41N3O4S/c1-36-24(33)16-28(9-4-10-30-17-28)23-8-7-22(27(31-23)37-21-5-2-3-6-21)26(34)32-25-19-11-18-12-20(25)15-29(35,13-18)14-19/h7-8,18-21,25,30,35H,2-6,9-17H2,1H3,(H,32,34)/t18?,19?,20?,25?,28-,29?/m0/s1. The van der Waals surface area contributed by atoms with Crippen LogP contribution in [0.15, 0.2) is 17.2 Å². The number of thioether (sulfide) groups is 1. The maximum absolute atomic E-state index is 13.8. The molecule has 7 rings (SSSR count). The van der Waals surface area contributed by atoms with Crippen molar-refractivity contribution in [2.75, 3.05) is 20.2 Å². The number of rotatable bonds is 7. The number of amides is 1. The number of hydrogen-bond acceptors (Lipinski definition) is 7. The Morgan fingerprint density at radius 2 is 1.92 bits per heavy atom. The van der Waals surface area contributed by atoms with Crippen molar-refractivity contribution in [2.45, 2.75) is 104 Å². The van der Waals surface area contributed by atoms with Crippen molar-refractivity contribution in [2.24, 2.45) is 17.8 Å². The van der Waals surface area contributed by atoms with Gasteiger partial charge in [0.1, 0.15) is 5.03 Å². The lowest BCUT2D eigenvalue weighted by Crippen LogP contribution is -2.61. The van der Waals surface area contributed by atoms with Gasteiger partial charge in [-0.3, -0.25) is 9.59 Å². The second kappa shape index (κ2) is 10.2. The van der Waals surface area contributed by atoms with Crippen LogP contribution in [-0.2, 0) is 14.9 Å². The molecule has 4 bridgehead atoms. The zero-order valence-electron chi connectivity index (χ0n) is 22.0. The summed E-state index contributed by atoms with van der Waals surface area (Å²) in [6, 6.07) is 4.07. The number of nitrogens with zero attached hydrogens (tertiary/aromatic N) is 1. The van der Waals surface area contributed by atoms with E-state index in [4.69, 9.17) is 9.72 Å². The third kappa shape index (κ3) is 5.06. The number of ether oxygens (including phenoxy) is 1. The summed E-state index contributed by atoms with van der Waals surface area (Å²) in [5.41, 5.74) is 0.623. The molecule has 6 fully saturated rings. The molecule has 0 spiro atoms. The number of aromatic nitrogens is 1. The third-order valence-electron chi connectivity index (χ3n) is 9.95. The van der Waals surface area contributed by atoms with Gasteiger partial charge in [-0.25, -0.2) is 4.98 Å². The van der Waals surface area contributed by atoms with Crippen LogP contribution in [0, 0.1) is 17.8 Å². The van der Waals surface area contributed by atoms with Crippen LogP contribution in [-0.4, -0.2) is 59.1 Å². The Morgan fingerprint density at radius 1 is 1.16 bits per heavy atom. The van der Waals surface area contributed by atoms with Crippen molar-refractivity contribution in [1.29, 1.82) is 0 Å². The molecule has 5 aliphatic carbocycles. The molecule has 3 atom stereocenters. The Balaban J connectivity index is 1.28. The monoisotopic (exact) mass is 527 g/mol. The van der Waals surface area contributed by atoms with Crippen molar-refractivity contribution in [3.63, 3.8) is 0 Å². The average molecular weight is 528 g/mol. The predicted molar refractivity (Wildman–Crippen MR) is 143 cm³/mol. The zero-order valence-corrected chi connectivity index (χ0v) is 22.8. The minimum absolute atomic E-state index is 0.0344. The summed E-state index contributed by atoms with van der Waals surface area (Å²) in [5, 5.41) is 19.1. The number of nitrogens with one attached hydrogen (secondary N) is 2. The lowest BCUT2D eigenvalue weighted by atomic mass is 9.52. The van der Waals surface area contributed by atoms with Gasteiger partial charge in [0.05, 0.1) is 24.7 Å². The summed E-state index contributed by atoms with van der Waals surface area (Å²) >= 11 is 1.75. The van der Waals surface area contributed by atoms with Crippen LogP contribution in [0.4, 0.5) is 0 Å². The van der Waals surface area contributed by atoms with E-state index in [0.29, 0.717) is 35.1 Å². The summed E-state index contributed by atoms with van der Waals surface area (Å²) < 4.78 is 5.06. The molecule has 6 aliphatic rings. The molecule has 1 saturated heterocycles. The molecule has 1 aromatic heterocycles. The van der Waals surface area contributed by atoms with Gasteiger partial charge in [0.15, 0.2) is 0 Å². The van der Waals surface area contributed by atoms with Crippen LogP contribution in [0.5, 0.6) is 0 Å². The second-order valence-corrected chi connectivity index (χ2v) is 13.9. The maximum atomic E-state index is 13.8. The van der Waals surface area contributed by atoms with E-state index in [0.717, 1.165) is 75.1 Å². The van der Waals surface area contributed by atoms with E-state index in [1.807, 2.05) is 12.1 Å². The Morgan fingerprint density at radius 3 is 2.57 bits per heavy atom. The highest BCUT2D eigenvalue weighted by molar-refractivity contribution is 7.99. The number of pyridine rings is 1. The van der Waals surface area contributed by atoms with E-state index in [-0.39, 0.29) is 24.3 Å². The summed E-state index contributed by atoms with van der Waals surface area (Å²) in [6.45, 7) is 1.62. The summed E-state index contributed by atoms with van der Waals surface area (Å²) in [6.07, 6.45) is 11.7. The molecule has 8 heteroatoms. The van der Waals surface area contributed by atoms with E-state index in [1.54, 1.807) is 11.8 Å². The van der Waals surface area contributed by atoms with E-state index < -0.39 is 11.0 Å². The first kappa shape index (κ1) is 25.6. The molecule has 0 aromatic carbocycles. The van der Waals surface area contributed by atoms with Gasteiger partial charge in [-0.15, -0.1) is 11.8 Å². The molecule has 1 amide bonds. The smallest absolute Gasteiger partial charge is 0.306 e. The fourth-order valence-electron chi connectivity index (χ4n) is 8.39. The largest absolute Gasteiger partial charge is 0.469 e. The number of carbonyl (C=O) groups excluding carboxylic acids is 2. The number of aliphatic hydroxyl groups is 1. The highest BCUT2D eigenvalue weighted by Gasteiger charge is 2.55. The van der Waals surface area contributed by atoms with Gasteiger partial charge >= 0.3 is 5.97 Å². The minimum atomic E-state index is -0.508. The van der Waals surface area contributed by atoms with E-state index in [2.05, 4.69) is 10.6 Å². The predicted octanol–water partition coefficient (Wildman–Crippen LogP) is 3.97. The normalized spacial score (nSPS) is 37.0. The Hall–Kier alpha value is -1.64. The maximum Gasteiger partial charge on any atom is 0.306 e. The van der Waals surface area contributed by atoms with Crippen LogP contribution >= 0.6 is 11.8 Å². The van der Waals surface area contributed by atoms with Crippen LogP contribution in [0.2, 0.25) is 0 Å². The van der Waals surface area contributed by atoms with E-state index in [9.17, 15) is 14.7 Å². The van der Waals surface area contributed by atoms with Crippen molar-refractivity contribution in [3.05, 3.63) is 23.4 Å². The Kier molecular flexibility index (Phi) is 7.03. The van der Waals surface area contributed by atoms with Gasteiger partial charge in [0, 0.05) is 28.9 Å². The Bertz CT molecular complexity index is 1020. The highest BCUT2D eigenvalue weighted by Crippen LogP contribution is 2.55. The molecule has 1 aromatic rings. The van der Waals surface area contributed by atoms with Crippen LogP contribution < -0.4 is 10.6 Å². The lowest BCUT2D eigenvalue weighted by molar-refractivity contribution is -0.142. The molecule has 1 aliphatic heterocycles. The fourth-order valence-corrected chi connectivity index (χ4v) is 9.71. The summed E-state index contributed by atoms with van der Waals surface area (Å²) in [5.74, 6) is 1.10. The first-order chi connectivity index (χ1) is 17.9. The van der Waals surface area contributed by atoms with E-state index >= 15 is 0 Å². The van der Waals surface area contributed by atoms with Gasteiger partial charge < -0.3 is 20.5 Å². The number of piperidine rings is 1. The van der Waals surface area contributed by atoms with Gasteiger partial charge in [-0.1, -0.05) is 12.8 Å². The molecule has 0 radical (unpaired) electrons. The van der Waals surface area contributed by atoms with Crippen molar-refractivity contribution >= 4 is 23.6 Å². The van der Waals surface area contributed by atoms with Gasteiger partial charge in [0.25, 0.3) is 5.91 Å². The topological polar surface area (TPSA) is 101 Å². The van der Waals surface area contributed by atoms with Gasteiger partial charge in [0.2, 0.25) is 0 Å². The quantitative estimate of drug-likeness (QED) is 0.461. The SMILES string of the molecule is COC(=O)C[C@@]1(c2ccc(C(=O)NC3C4CC5CC3CC(O)(C5)C4)c(SC3CCCC3)n2)CCCNC1. The van der Waals surface area contributed by atoms with Crippen molar-refractivity contribution < 1.29 is 19.4 Å². The summed E-state index contributed by atoms with van der Waals surface area (Å²) in [7, 11) is 1.44. The number of carbonyl (C=O) groups is 2. The minimum Gasteiger partial charge on any atom is -0.469 e. The molecular formula is C29H41N3O4S. The third-order valence-corrected chi connectivity index (χ3v) is 11.3. The zero-order chi connectivity index (χ0) is 25.6. The van der Waals surface area contributed by atoms with Gasteiger partial charge in [-0.2, -0.15) is 0 Å². The first-order valence-corrected chi connectivity index (χ1v) is 15.2. The van der Waals surface area contributed by atoms with Crippen LogP contribution in [0.3, 0.4) is 0 Å². The molecule has 2 heterocycles. The van der Waals surface area contributed by atoms with Crippen LogP contribution in [0.1, 0.15) is 93.1 Å². The molecular weight excluding hydrogens is 486 g/mol. The molecule has 37 heavy (non-hydrogen) atoms. The average Bonchev–Trinajstić information content (AvgIpc) is 3.38. The lowest BCUT2D eigenvalue weighted by Gasteiger charge is -2.58. The summed E-state index contributed by atoms with van der Waals surface area (Å²) in [4.78, 5) is 31.3. The van der Waals surface area contributed by atoms with E-state index in [1.165, 1.54) is 20.0 Å². The first-order valence-electron chi connectivity index (χ1n) is 14.4. The molecule has 202 valence electrons. The van der Waals surface area contributed by atoms with Crippen molar-refractivity contribution in [1.82, 2.24) is 15.6 Å². The molecule has 2 unspecified atom stereocenters.